The fourth-order valence-corrected chi connectivity index (χ4v) is 2.74. The van der Waals surface area contributed by atoms with Gasteiger partial charge in [0.25, 0.3) is 0 Å². The minimum absolute atomic E-state index is 0.260. The van der Waals surface area contributed by atoms with Gasteiger partial charge < -0.3 is 10.6 Å². The topological polar surface area (TPSA) is 32.5 Å². The molecule has 0 amide bonds. The van der Waals surface area contributed by atoms with E-state index in [9.17, 15) is 4.39 Å². The largest absolute Gasteiger partial charge is 0.389 e. The summed E-state index contributed by atoms with van der Waals surface area (Å²) >= 11 is 5.01. The highest BCUT2D eigenvalue weighted by Crippen LogP contribution is 2.17. The number of likely N-dealkylation sites (N-methyl/N-ethyl adjacent to an activating group) is 1. The first-order chi connectivity index (χ1) is 8.97. The van der Waals surface area contributed by atoms with Crippen molar-refractivity contribution >= 4 is 17.2 Å². The molecular weight excluding hydrogens is 261 g/mol. The van der Waals surface area contributed by atoms with Crippen molar-refractivity contribution in [1.29, 1.82) is 0 Å². The number of hydrogen-bond acceptors (Lipinski definition) is 3. The van der Waals surface area contributed by atoms with Gasteiger partial charge in [-0.2, -0.15) is 0 Å². The summed E-state index contributed by atoms with van der Waals surface area (Å²) in [6.07, 6.45) is 0. The molecule has 104 valence electrons. The van der Waals surface area contributed by atoms with Gasteiger partial charge in [-0.05, 0) is 31.7 Å². The SMILES string of the molecule is CC1CN(C)CCN1Cc1ccc(F)cc1C(N)=S. The zero-order valence-electron chi connectivity index (χ0n) is 11.4. The molecule has 3 nitrogen and oxygen atoms in total. The molecule has 1 fully saturated rings. The third-order valence-electron chi connectivity index (χ3n) is 3.68. The summed E-state index contributed by atoms with van der Waals surface area (Å²) in [6, 6.07) is 5.16. The van der Waals surface area contributed by atoms with Crippen LogP contribution in [0.15, 0.2) is 18.2 Å². The molecule has 0 spiro atoms. The Bertz CT molecular complexity index is 478. The van der Waals surface area contributed by atoms with E-state index in [1.165, 1.54) is 12.1 Å². The highest BCUT2D eigenvalue weighted by Gasteiger charge is 2.22. The number of halogens is 1. The van der Waals surface area contributed by atoms with Crippen LogP contribution in [0.5, 0.6) is 0 Å². The van der Waals surface area contributed by atoms with Gasteiger partial charge in [0.1, 0.15) is 10.8 Å². The van der Waals surface area contributed by atoms with Crippen LogP contribution in [0.3, 0.4) is 0 Å². The Kier molecular flexibility index (Phi) is 4.50. The monoisotopic (exact) mass is 281 g/mol. The smallest absolute Gasteiger partial charge is 0.123 e. The summed E-state index contributed by atoms with van der Waals surface area (Å²) in [5.74, 6) is -0.294. The molecule has 0 aliphatic carbocycles. The Morgan fingerprint density at radius 2 is 2.21 bits per heavy atom. The number of thiocarbonyl (C=S) groups is 1. The lowest BCUT2D eigenvalue weighted by Crippen LogP contribution is -2.49. The predicted molar refractivity (Wildman–Crippen MR) is 79.7 cm³/mol. The van der Waals surface area contributed by atoms with E-state index >= 15 is 0 Å². The summed E-state index contributed by atoms with van der Waals surface area (Å²) in [4.78, 5) is 4.96. The maximum Gasteiger partial charge on any atom is 0.123 e. The van der Waals surface area contributed by atoms with E-state index < -0.39 is 0 Å². The molecule has 1 unspecified atom stereocenters. The molecule has 2 rings (SSSR count). The van der Waals surface area contributed by atoms with Crippen LogP contribution >= 0.6 is 12.2 Å². The summed E-state index contributed by atoms with van der Waals surface area (Å²) in [5, 5.41) is 0. The van der Waals surface area contributed by atoms with Crippen LogP contribution < -0.4 is 5.73 Å². The maximum atomic E-state index is 13.3. The molecule has 1 saturated heterocycles. The van der Waals surface area contributed by atoms with Gasteiger partial charge in [0.15, 0.2) is 0 Å². The highest BCUT2D eigenvalue weighted by molar-refractivity contribution is 7.80. The first kappa shape index (κ1) is 14.4. The minimum Gasteiger partial charge on any atom is -0.389 e. The van der Waals surface area contributed by atoms with E-state index in [1.807, 2.05) is 0 Å². The third kappa shape index (κ3) is 3.49. The number of rotatable bonds is 3. The molecule has 0 bridgehead atoms. The quantitative estimate of drug-likeness (QED) is 0.853. The lowest BCUT2D eigenvalue weighted by atomic mass is 10.0. The van der Waals surface area contributed by atoms with Gasteiger partial charge >= 0.3 is 0 Å². The molecule has 1 atom stereocenters. The van der Waals surface area contributed by atoms with E-state index in [2.05, 4.69) is 23.8 Å². The fraction of sp³-hybridized carbons (Fsp3) is 0.500. The van der Waals surface area contributed by atoms with Crippen molar-refractivity contribution in [3.63, 3.8) is 0 Å². The molecule has 1 aliphatic heterocycles. The van der Waals surface area contributed by atoms with Gasteiger partial charge in [0.05, 0.1) is 0 Å². The molecule has 2 N–H and O–H groups in total. The van der Waals surface area contributed by atoms with Crippen LogP contribution in [0.4, 0.5) is 4.39 Å². The van der Waals surface area contributed by atoms with Gasteiger partial charge in [0, 0.05) is 37.8 Å². The number of nitrogens with two attached hydrogens (primary N) is 1. The summed E-state index contributed by atoms with van der Waals surface area (Å²) in [5.41, 5.74) is 7.34. The molecule has 19 heavy (non-hydrogen) atoms. The summed E-state index contributed by atoms with van der Waals surface area (Å²) in [7, 11) is 2.13. The molecule has 5 heteroatoms. The van der Waals surface area contributed by atoms with Crippen LogP contribution in [0.25, 0.3) is 0 Å². The third-order valence-corrected chi connectivity index (χ3v) is 3.90. The molecular formula is C14H20FN3S. The Balaban J connectivity index is 2.17. The van der Waals surface area contributed by atoms with Crippen LogP contribution in [0.2, 0.25) is 0 Å². The second-order valence-corrected chi connectivity index (χ2v) is 5.69. The van der Waals surface area contributed by atoms with Gasteiger partial charge in [-0.15, -0.1) is 0 Å². The Morgan fingerprint density at radius 3 is 2.84 bits per heavy atom. The van der Waals surface area contributed by atoms with Crippen molar-refractivity contribution in [3.05, 3.63) is 35.1 Å². The van der Waals surface area contributed by atoms with Crippen molar-refractivity contribution < 1.29 is 4.39 Å². The average molecular weight is 281 g/mol. The van der Waals surface area contributed by atoms with Crippen molar-refractivity contribution in [1.82, 2.24) is 9.80 Å². The van der Waals surface area contributed by atoms with Crippen LogP contribution in [-0.4, -0.2) is 47.5 Å². The number of nitrogens with zero attached hydrogens (tertiary/aromatic N) is 2. The van der Waals surface area contributed by atoms with Gasteiger partial charge in [-0.1, -0.05) is 18.3 Å². The number of benzene rings is 1. The molecule has 0 saturated carbocycles. The summed E-state index contributed by atoms with van der Waals surface area (Å²) in [6.45, 7) is 6.07. The highest BCUT2D eigenvalue weighted by atomic mass is 32.1. The predicted octanol–water partition coefficient (Wildman–Crippen LogP) is 1.60. The first-order valence-electron chi connectivity index (χ1n) is 6.48. The Hall–Kier alpha value is -1.04. The van der Waals surface area contributed by atoms with Crippen molar-refractivity contribution in [3.8, 4) is 0 Å². The minimum atomic E-state index is -0.294. The van der Waals surface area contributed by atoms with E-state index in [0.29, 0.717) is 11.6 Å². The summed E-state index contributed by atoms with van der Waals surface area (Å²) < 4.78 is 13.3. The van der Waals surface area contributed by atoms with Crippen LogP contribution in [-0.2, 0) is 6.54 Å². The number of hydrogen-bond donors (Lipinski definition) is 1. The van der Waals surface area contributed by atoms with Crippen molar-refractivity contribution in [2.24, 2.45) is 5.73 Å². The van der Waals surface area contributed by atoms with Gasteiger partial charge in [-0.3, -0.25) is 4.90 Å². The normalized spacial score (nSPS) is 21.5. The van der Waals surface area contributed by atoms with E-state index in [-0.39, 0.29) is 10.8 Å². The zero-order valence-corrected chi connectivity index (χ0v) is 12.2. The van der Waals surface area contributed by atoms with Crippen molar-refractivity contribution in [2.45, 2.75) is 19.5 Å². The number of piperazine rings is 1. The van der Waals surface area contributed by atoms with E-state index in [0.717, 1.165) is 31.7 Å². The molecule has 1 heterocycles. The molecule has 1 aromatic carbocycles. The second kappa shape index (κ2) is 5.94. The average Bonchev–Trinajstić information content (AvgIpc) is 2.34. The standard InChI is InChI=1S/C14H20FN3S/c1-10-8-17(2)5-6-18(10)9-11-3-4-12(15)7-13(11)14(16)19/h3-4,7,10H,5-6,8-9H2,1-2H3,(H2,16,19). The first-order valence-corrected chi connectivity index (χ1v) is 6.89. The van der Waals surface area contributed by atoms with Crippen LogP contribution in [0, 0.1) is 5.82 Å². The van der Waals surface area contributed by atoms with Gasteiger partial charge in [0.2, 0.25) is 0 Å². The Morgan fingerprint density at radius 1 is 1.47 bits per heavy atom. The van der Waals surface area contributed by atoms with Crippen LogP contribution in [0.1, 0.15) is 18.1 Å². The zero-order chi connectivity index (χ0) is 14.0. The second-order valence-electron chi connectivity index (χ2n) is 5.25. The fourth-order valence-electron chi connectivity index (χ4n) is 2.55. The van der Waals surface area contributed by atoms with E-state index in [4.69, 9.17) is 18.0 Å². The molecule has 1 aliphatic rings. The van der Waals surface area contributed by atoms with Gasteiger partial charge in [-0.25, -0.2) is 4.39 Å². The van der Waals surface area contributed by atoms with E-state index in [1.54, 1.807) is 6.07 Å². The van der Waals surface area contributed by atoms with Crippen molar-refractivity contribution in [2.75, 3.05) is 26.7 Å². The molecule has 0 radical (unpaired) electrons. The molecule has 0 aromatic heterocycles. The lowest BCUT2D eigenvalue weighted by molar-refractivity contribution is 0.0938. The lowest BCUT2D eigenvalue weighted by Gasteiger charge is -2.38. The molecule has 1 aromatic rings. The maximum absolute atomic E-state index is 13.3. The Labute approximate surface area is 119 Å².